The Labute approximate surface area is 107 Å². The van der Waals surface area contributed by atoms with Crippen molar-refractivity contribution in [2.24, 2.45) is 5.18 Å². The second-order valence-corrected chi connectivity index (χ2v) is 4.51. The molecule has 0 aromatic rings. The molecule has 0 heterocycles. The van der Waals surface area contributed by atoms with Gasteiger partial charge in [-0.3, -0.25) is 0 Å². The van der Waals surface area contributed by atoms with Gasteiger partial charge in [0.15, 0.2) is 0 Å². The Bertz CT molecular complexity index is 240. The number of nitrogens with zero attached hydrogens (tertiary/aromatic N) is 1. The number of nitrogens with one attached hydrogen (secondary N) is 1. The van der Waals surface area contributed by atoms with E-state index in [0.717, 1.165) is 0 Å². The number of hydrogen-bond donors (Lipinski definition) is 1. The minimum absolute atomic E-state index is 0.153. The fourth-order valence-electron chi connectivity index (χ4n) is 0.963. The van der Waals surface area contributed by atoms with Crippen molar-refractivity contribution in [2.45, 2.75) is 26.4 Å². The van der Waals surface area contributed by atoms with Gasteiger partial charge >= 0.3 is 6.09 Å². The van der Waals surface area contributed by atoms with Crippen LogP contribution in [0.25, 0.3) is 0 Å². The molecule has 0 spiro atoms. The number of carbonyl (C=O) groups excluding carboxylic acids is 1. The van der Waals surface area contributed by atoms with Gasteiger partial charge in [-0.05, 0) is 20.8 Å². The van der Waals surface area contributed by atoms with E-state index in [4.69, 9.17) is 14.2 Å². The predicted octanol–water partition coefficient (Wildman–Crippen LogP) is 1.31. The Hall–Kier alpha value is -1.21. The number of nitroso groups, excluding NO2 is 1. The molecule has 0 unspecified atom stereocenters. The molecule has 0 aliphatic heterocycles. The average Bonchev–Trinajstić information content (AvgIpc) is 2.24. The molecule has 7 nitrogen and oxygen atoms in total. The van der Waals surface area contributed by atoms with Crippen LogP contribution in [-0.2, 0) is 14.2 Å². The number of amides is 1. The largest absolute Gasteiger partial charge is 0.444 e. The fraction of sp³-hybridized carbons (Fsp3) is 0.909. The van der Waals surface area contributed by atoms with Crippen molar-refractivity contribution in [1.82, 2.24) is 5.32 Å². The first-order valence-corrected chi connectivity index (χ1v) is 5.87. The summed E-state index contributed by atoms with van der Waals surface area (Å²) in [4.78, 5) is 20.9. The van der Waals surface area contributed by atoms with Gasteiger partial charge in [0.25, 0.3) is 0 Å². The summed E-state index contributed by atoms with van der Waals surface area (Å²) in [5, 5.41) is 5.22. The molecule has 0 aromatic carbocycles. The lowest BCUT2D eigenvalue weighted by molar-refractivity contribution is 0.0412. The van der Waals surface area contributed by atoms with Crippen LogP contribution in [0.1, 0.15) is 20.8 Å². The number of alkyl carbamates (subject to hydrolysis) is 1. The van der Waals surface area contributed by atoms with E-state index in [0.29, 0.717) is 33.0 Å². The summed E-state index contributed by atoms with van der Waals surface area (Å²) in [5.41, 5.74) is -0.495. The molecule has 7 heteroatoms. The van der Waals surface area contributed by atoms with Gasteiger partial charge in [-0.2, -0.15) is 4.91 Å². The van der Waals surface area contributed by atoms with Gasteiger partial charge < -0.3 is 19.5 Å². The van der Waals surface area contributed by atoms with E-state index in [1.807, 2.05) is 0 Å². The average molecular weight is 262 g/mol. The van der Waals surface area contributed by atoms with Crippen molar-refractivity contribution < 1.29 is 19.0 Å². The maximum atomic E-state index is 11.2. The molecule has 106 valence electrons. The molecule has 0 atom stereocenters. The van der Waals surface area contributed by atoms with Crippen molar-refractivity contribution in [1.29, 1.82) is 0 Å². The van der Waals surface area contributed by atoms with Crippen LogP contribution in [-0.4, -0.2) is 51.2 Å². The van der Waals surface area contributed by atoms with Crippen LogP contribution in [0.2, 0.25) is 0 Å². The van der Waals surface area contributed by atoms with Crippen molar-refractivity contribution in [3.63, 3.8) is 0 Å². The van der Waals surface area contributed by atoms with Crippen LogP contribution in [0.5, 0.6) is 0 Å². The van der Waals surface area contributed by atoms with Crippen LogP contribution in [0.4, 0.5) is 4.79 Å². The molecule has 0 aliphatic carbocycles. The predicted molar refractivity (Wildman–Crippen MR) is 66.5 cm³/mol. The van der Waals surface area contributed by atoms with E-state index in [1.165, 1.54) is 0 Å². The van der Waals surface area contributed by atoms with Gasteiger partial charge in [0.2, 0.25) is 0 Å². The Morgan fingerprint density at radius 2 is 1.72 bits per heavy atom. The molecule has 0 aliphatic rings. The van der Waals surface area contributed by atoms with Crippen LogP contribution in [0, 0.1) is 4.91 Å². The molecule has 1 N–H and O–H groups in total. The first-order chi connectivity index (χ1) is 8.45. The van der Waals surface area contributed by atoms with Crippen molar-refractivity contribution in [3.8, 4) is 0 Å². The van der Waals surface area contributed by atoms with Crippen LogP contribution in [0.3, 0.4) is 0 Å². The first kappa shape index (κ1) is 16.8. The van der Waals surface area contributed by atoms with Crippen LogP contribution in [0.15, 0.2) is 5.18 Å². The van der Waals surface area contributed by atoms with Gasteiger partial charge in [-0.15, -0.1) is 0 Å². The Balaban J connectivity index is 3.25. The number of carbonyl (C=O) groups is 1. The van der Waals surface area contributed by atoms with Crippen LogP contribution >= 0.6 is 0 Å². The number of hydrogen-bond acceptors (Lipinski definition) is 6. The van der Waals surface area contributed by atoms with Gasteiger partial charge in [-0.25, -0.2) is 4.79 Å². The van der Waals surface area contributed by atoms with Gasteiger partial charge in [-0.1, -0.05) is 5.18 Å². The van der Waals surface area contributed by atoms with Crippen LogP contribution < -0.4 is 5.32 Å². The number of rotatable bonds is 9. The zero-order valence-corrected chi connectivity index (χ0v) is 11.2. The van der Waals surface area contributed by atoms with E-state index in [9.17, 15) is 9.70 Å². The summed E-state index contributed by atoms with van der Waals surface area (Å²) in [6.07, 6.45) is -0.459. The van der Waals surface area contributed by atoms with E-state index >= 15 is 0 Å². The zero-order valence-electron chi connectivity index (χ0n) is 11.2. The van der Waals surface area contributed by atoms with Crippen molar-refractivity contribution in [2.75, 3.05) is 39.5 Å². The lowest BCUT2D eigenvalue weighted by Gasteiger charge is -2.19. The molecule has 18 heavy (non-hydrogen) atoms. The SMILES string of the molecule is CC(C)(C)OC(=O)NCCOCCOCCN=O. The highest BCUT2D eigenvalue weighted by Gasteiger charge is 2.15. The Morgan fingerprint density at radius 1 is 1.11 bits per heavy atom. The zero-order chi connectivity index (χ0) is 13.9. The van der Waals surface area contributed by atoms with Crippen molar-refractivity contribution in [3.05, 3.63) is 4.91 Å². The summed E-state index contributed by atoms with van der Waals surface area (Å²) in [7, 11) is 0. The molecular formula is C11H22N2O5. The second kappa shape index (κ2) is 9.78. The quantitative estimate of drug-likeness (QED) is 0.500. The minimum atomic E-state index is -0.495. The molecule has 0 aromatic heterocycles. The molecule has 0 saturated carbocycles. The third kappa shape index (κ3) is 12.9. The standard InChI is InChI=1S/C11H22N2O5/c1-11(2,3)18-10(14)12-4-6-16-8-9-17-7-5-13-15/h4-9H2,1-3H3,(H,12,14). The maximum Gasteiger partial charge on any atom is 0.407 e. The molecule has 0 saturated heterocycles. The number of ether oxygens (including phenoxy) is 3. The Morgan fingerprint density at radius 3 is 2.28 bits per heavy atom. The highest BCUT2D eigenvalue weighted by Crippen LogP contribution is 2.05. The van der Waals surface area contributed by atoms with Gasteiger partial charge in [0.1, 0.15) is 12.1 Å². The molecule has 0 rings (SSSR count). The van der Waals surface area contributed by atoms with E-state index in [1.54, 1.807) is 20.8 Å². The highest BCUT2D eigenvalue weighted by atomic mass is 16.6. The molecule has 0 bridgehead atoms. The highest BCUT2D eigenvalue weighted by molar-refractivity contribution is 5.67. The smallest absolute Gasteiger partial charge is 0.407 e. The van der Waals surface area contributed by atoms with Crippen molar-refractivity contribution >= 4 is 6.09 Å². The summed E-state index contributed by atoms with van der Waals surface area (Å²) >= 11 is 0. The third-order valence-corrected chi connectivity index (χ3v) is 1.61. The van der Waals surface area contributed by atoms with E-state index in [-0.39, 0.29) is 6.54 Å². The second-order valence-electron chi connectivity index (χ2n) is 4.51. The minimum Gasteiger partial charge on any atom is -0.444 e. The Kier molecular flexibility index (Phi) is 9.13. The van der Waals surface area contributed by atoms with Gasteiger partial charge in [0.05, 0.1) is 26.4 Å². The lowest BCUT2D eigenvalue weighted by atomic mass is 10.2. The lowest BCUT2D eigenvalue weighted by Crippen LogP contribution is -2.34. The summed E-state index contributed by atoms with van der Waals surface area (Å²) in [6, 6.07) is 0. The summed E-state index contributed by atoms with van der Waals surface area (Å²) in [6.45, 7) is 7.44. The molecule has 1 amide bonds. The third-order valence-electron chi connectivity index (χ3n) is 1.61. The molecule has 0 radical (unpaired) electrons. The van der Waals surface area contributed by atoms with E-state index < -0.39 is 11.7 Å². The fourth-order valence-corrected chi connectivity index (χ4v) is 0.963. The summed E-state index contributed by atoms with van der Waals surface area (Å²) in [5.74, 6) is 0. The van der Waals surface area contributed by atoms with Gasteiger partial charge in [0, 0.05) is 6.54 Å². The molecular weight excluding hydrogens is 240 g/mol. The molecule has 0 fully saturated rings. The topological polar surface area (TPSA) is 86.2 Å². The summed E-state index contributed by atoms with van der Waals surface area (Å²) < 4.78 is 15.3. The maximum absolute atomic E-state index is 11.2. The normalized spacial score (nSPS) is 11.1. The monoisotopic (exact) mass is 262 g/mol. The van der Waals surface area contributed by atoms with E-state index in [2.05, 4.69) is 10.5 Å². The first-order valence-electron chi connectivity index (χ1n) is 5.87.